The summed E-state index contributed by atoms with van der Waals surface area (Å²) in [5.41, 5.74) is 0. The van der Waals surface area contributed by atoms with Crippen molar-refractivity contribution in [2.75, 3.05) is 40.0 Å². The molecule has 0 aromatic carbocycles. The van der Waals surface area contributed by atoms with Gasteiger partial charge < -0.3 is 19.7 Å². The van der Waals surface area contributed by atoms with E-state index in [1.165, 1.54) is 4.88 Å². The van der Waals surface area contributed by atoms with E-state index in [2.05, 4.69) is 23.7 Å². The number of hydrogen-bond acceptors (Lipinski definition) is 4. The smallest absolute Gasteiger partial charge is 0.317 e. The molecule has 1 aliphatic rings. The number of rotatable bonds is 5. The van der Waals surface area contributed by atoms with Gasteiger partial charge in [0.05, 0.1) is 25.9 Å². The van der Waals surface area contributed by atoms with Gasteiger partial charge in [-0.3, -0.25) is 0 Å². The molecule has 2 rings (SSSR count). The summed E-state index contributed by atoms with van der Waals surface area (Å²) in [7, 11) is 1.64. The molecule has 2 amide bonds. The molecule has 1 aromatic heterocycles. The molecule has 5 nitrogen and oxygen atoms in total. The lowest BCUT2D eigenvalue weighted by Crippen LogP contribution is -2.51. The minimum atomic E-state index is -0.0192. The first-order chi connectivity index (χ1) is 9.70. The highest BCUT2D eigenvalue weighted by molar-refractivity contribution is 7.10. The Morgan fingerprint density at radius 3 is 3.25 bits per heavy atom. The van der Waals surface area contributed by atoms with Gasteiger partial charge in [-0.25, -0.2) is 4.79 Å². The maximum absolute atomic E-state index is 12.1. The Morgan fingerprint density at radius 1 is 1.70 bits per heavy atom. The summed E-state index contributed by atoms with van der Waals surface area (Å²) >= 11 is 1.72. The maximum atomic E-state index is 12.1. The van der Waals surface area contributed by atoms with Crippen molar-refractivity contribution in [3.05, 3.63) is 22.4 Å². The van der Waals surface area contributed by atoms with Crippen LogP contribution in [-0.2, 0) is 9.47 Å². The second kappa shape index (κ2) is 7.61. The number of carbonyl (C=O) groups excluding carboxylic acids is 1. The maximum Gasteiger partial charge on any atom is 0.317 e. The van der Waals surface area contributed by atoms with Crippen LogP contribution < -0.4 is 5.32 Å². The normalized spacial score (nSPS) is 20.7. The van der Waals surface area contributed by atoms with Gasteiger partial charge in [0.2, 0.25) is 0 Å². The summed E-state index contributed by atoms with van der Waals surface area (Å²) in [6.07, 6.45) is -0.0192. The molecule has 2 heterocycles. The summed E-state index contributed by atoms with van der Waals surface area (Å²) in [6, 6.07) is 4.12. The van der Waals surface area contributed by atoms with Crippen molar-refractivity contribution in [1.29, 1.82) is 0 Å². The average Bonchev–Trinajstić information content (AvgIpc) is 2.99. The Hall–Kier alpha value is -1.11. The first-order valence-corrected chi connectivity index (χ1v) is 7.75. The van der Waals surface area contributed by atoms with Crippen LogP contribution in [0.2, 0.25) is 0 Å². The van der Waals surface area contributed by atoms with Crippen LogP contribution in [0.5, 0.6) is 0 Å². The number of amides is 2. The largest absolute Gasteiger partial charge is 0.382 e. The van der Waals surface area contributed by atoms with Crippen molar-refractivity contribution in [3.8, 4) is 0 Å². The molecule has 0 unspecified atom stereocenters. The van der Waals surface area contributed by atoms with E-state index in [9.17, 15) is 4.79 Å². The molecule has 0 bridgehead atoms. The molecule has 1 saturated heterocycles. The van der Waals surface area contributed by atoms with Crippen molar-refractivity contribution in [3.63, 3.8) is 0 Å². The fourth-order valence-corrected chi connectivity index (χ4v) is 3.00. The molecule has 1 fully saturated rings. The molecule has 0 radical (unpaired) electrons. The van der Waals surface area contributed by atoms with Crippen LogP contribution in [0, 0.1) is 0 Å². The molecule has 0 spiro atoms. The highest BCUT2D eigenvalue weighted by Gasteiger charge is 2.24. The van der Waals surface area contributed by atoms with E-state index in [0.29, 0.717) is 38.8 Å². The Bertz CT molecular complexity index is 409. The summed E-state index contributed by atoms with van der Waals surface area (Å²) in [5.74, 6) is 0.342. The van der Waals surface area contributed by atoms with Crippen LogP contribution in [0.25, 0.3) is 0 Å². The first kappa shape index (κ1) is 15.3. The van der Waals surface area contributed by atoms with E-state index >= 15 is 0 Å². The lowest BCUT2D eigenvalue weighted by Gasteiger charge is -2.32. The SMILES string of the molecule is COC[C@H]1CN(C(=O)NC[C@@H](C)c2cccs2)CCO1. The zero-order chi connectivity index (χ0) is 14.4. The lowest BCUT2D eigenvalue weighted by molar-refractivity contribution is -0.0494. The van der Waals surface area contributed by atoms with Gasteiger partial charge in [-0.05, 0) is 11.4 Å². The summed E-state index contributed by atoms with van der Waals surface area (Å²) in [4.78, 5) is 15.2. The number of carbonyl (C=O) groups is 1. The fraction of sp³-hybridized carbons (Fsp3) is 0.643. The summed E-state index contributed by atoms with van der Waals surface area (Å²) in [6.45, 7) is 5.11. The van der Waals surface area contributed by atoms with Gasteiger partial charge in [-0.2, -0.15) is 0 Å². The molecule has 2 atom stereocenters. The number of urea groups is 1. The van der Waals surface area contributed by atoms with E-state index in [0.717, 1.165) is 0 Å². The Balaban J connectivity index is 1.76. The van der Waals surface area contributed by atoms with Crippen molar-refractivity contribution in [2.24, 2.45) is 0 Å². The van der Waals surface area contributed by atoms with Gasteiger partial charge in [0.1, 0.15) is 0 Å². The number of nitrogens with zero attached hydrogens (tertiary/aromatic N) is 1. The lowest BCUT2D eigenvalue weighted by atomic mass is 10.1. The van der Waals surface area contributed by atoms with Crippen molar-refractivity contribution in [2.45, 2.75) is 18.9 Å². The first-order valence-electron chi connectivity index (χ1n) is 6.87. The van der Waals surface area contributed by atoms with E-state index < -0.39 is 0 Å². The Kier molecular flexibility index (Phi) is 5.82. The van der Waals surface area contributed by atoms with Gasteiger partial charge in [-0.15, -0.1) is 11.3 Å². The summed E-state index contributed by atoms with van der Waals surface area (Å²) < 4.78 is 10.6. The predicted octanol–water partition coefficient (Wildman–Crippen LogP) is 1.91. The number of hydrogen-bond donors (Lipinski definition) is 1. The van der Waals surface area contributed by atoms with Crippen molar-refractivity contribution in [1.82, 2.24) is 10.2 Å². The van der Waals surface area contributed by atoms with Crippen LogP contribution in [0.1, 0.15) is 17.7 Å². The third kappa shape index (κ3) is 4.19. The quantitative estimate of drug-likeness (QED) is 0.903. The highest BCUT2D eigenvalue weighted by atomic mass is 32.1. The molecule has 0 aliphatic carbocycles. The molecular formula is C14H22N2O3S. The molecule has 1 aliphatic heterocycles. The molecule has 6 heteroatoms. The van der Waals surface area contributed by atoms with E-state index in [4.69, 9.17) is 9.47 Å². The number of thiophene rings is 1. The van der Waals surface area contributed by atoms with Gasteiger partial charge >= 0.3 is 6.03 Å². The monoisotopic (exact) mass is 298 g/mol. The number of nitrogens with one attached hydrogen (secondary N) is 1. The third-order valence-corrected chi connectivity index (χ3v) is 4.47. The van der Waals surface area contributed by atoms with Gasteiger partial charge in [-0.1, -0.05) is 13.0 Å². The van der Waals surface area contributed by atoms with Crippen LogP contribution >= 0.6 is 11.3 Å². The molecule has 1 N–H and O–H groups in total. The van der Waals surface area contributed by atoms with Crippen molar-refractivity contribution < 1.29 is 14.3 Å². The highest BCUT2D eigenvalue weighted by Crippen LogP contribution is 2.19. The van der Waals surface area contributed by atoms with Crippen LogP contribution in [0.15, 0.2) is 17.5 Å². The van der Waals surface area contributed by atoms with E-state index in [1.54, 1.807) is 23.3 Å². The van der Waals surface area contributed by atoms with Crippen LogP contribution in [0.4, 0.5) is 4.79 Å². The molecule has 112 valence electrons. The zero-order valence-corrected chi connectivity index (χ0v) is 12.8. The predicted molar refractivity (Wildman–Crippen MR) is 79.3 cm³/mol. The van der Waals surface area contributed by atoms with E-state index in [1.807, 2.05) is 6.07 Å². The molecule has 20 heavy (non-hydrogen) atoms. The van der Waals surface area contributed by atoms with Crippen molar-refractivity contribution >= 4 is 17.4 Å². The third-order valence-electron chi connectivity index (χ3n) is 3.37. The second-order valence-corrected chi connectivity index (χ2v) is 5.98. The van der Waals surface area contributed by atoms with Gasteiger partial charge in [0.25, 0.3) is 0 Å². The Morgan fingerprint density at radius 2 is 2.55 bits per heavy atom. The number of morpholine rings is 1. The topological polar surface area (TPSA) is 50.8 Å². The molecular weight excluding hydrogens is 276 g/mol. The zero-order valence-electron chi connectivity index (χ0n) is 12.0. The minimum absolute atomic E-state index is 0.0159. The second-order valence-electron chi connectivity index (χ2n) is 5.00. The Labute approximate surface area is 123 Å². The molecule has 0 saturated carbocycles. The standard InChI is InChI=1S/C14H22N2O3S/c1-11(13-4-3-7-20-13)8-15-14(17)16-5-6-19-12(9-16)10-18-2/h3-4,7,11-12H,5-6,8-10H2,1-2H3,(H,15,17)/t11-,12-/m1/s1. The van der Waals surface area contributed by atoms with Gasteiger partial charge in [0.15, 0.2) is 0 Å². The number of methoxy groups -OCH3 is 1. The van der Waals surface area contributed by atoms with Crippen LogP contribution in [0.3, 0.4) is 0 Å². The van der Waals surface area contributed by atoms with E-state index in [-0.39, 0.29) is 12.1 Å². The van der Waals surface area contributed by atoms with Crippen LogP contribution in [-0.4, -0.2) is 57.0 Å². The summed E-state index contributed by atoms with van der Waals surface area (Å²) in [5, 5.41) is 5.06. The van der Waals surface area contributed by atoms with Gasteiger partial charge in [0, 0.05) is 31.0 Å². The molecule has 1 aromatic rings. The average molecular weight is 298 g/mol. The minimum Gasteiger partial charge on any atom is -0.382 e. The number of ether oxygens (including phenoxy) is 2. The fourth-order valence-electron chi connectivity index (χ4n) is 2.22.